The van der Waals surface area contributed by atoms with E-state index in [0.717, 1.165) is 16.9 Å². The molecule has 3 heterocycles. The van der Waals surface area contributed by atoms with Crippen LogP contribution in [0.2, 0.25) is 0 Å². The van der Waals surface area contributed by atoms with Gasteiger partial charge in [0, 0.05) is 24.2 Å². The van der Waals surface area contributed by atoms with Crippen molar-refractivity contribution in [2.45, 2.75) is 13.5 Å². The number of imidazole rings is 1. The van der Waals surface area contributed by atoms with Gasteiger partial charge in [0.2, 0.25) is 11.9 Å². The first-order valence-electron chi connectivity index (χ1n) is 8.56. The predicted octanol–water partition coefficient (Wildman–Crippen LogP) is 2.63. The number of rotatable bonds is 6. The molecule has 0 saturated carbocycles. The molecule has 8 nitrogen and oxygen atoms in total. The molecular weight excluding hydrogens is 344 g/mol. The standard InChI is InChI=1S/C19H18N6O2/c1-2-27-16-5-3-4-14(10-16)15-6-7-17-21-19(23-25(17)11-15)22-18(26)12-24-9-8-20-13-24/h3-11,13H,2,12H2,1H3,(H,22,23,26). The second-order valence-corrected chi connectivity index (χ2v) is 5.90. The molecule has 1 aromatic carbocycles. The van der Waals surface area contributed by atoms with Crippen molar-refractivity contribution in [1.29, 1.82) is 0 Å². The van der Waals surface area contributed by atoms with Crippen LogP contribution in [0.25, 0.3) is 16.8 Å². The zero-order valence-corrected chi connectivity index (χ0v) is 14.7. The monoisotopic (exact) mass is 362 g/mol. The van der Waals surface area contributed by atoms with E-state index in [4.69, 9.17) is 4.74 Å². The molecule has 27 heavy (non-hydrogen) atoms. The zero-order valence-electron chi connectivity index (χ0n) is 14.7. The van der Waals surface area contributed by atoms with Gasteiger partial charge in [-0.2, -0.15) is 4.98 Å². The van der Waals surface area contributed by atoms with Crippen molar-refractivity contribution in [2.75, 3.05) is 11.9 Å². The van der Waals surface area contributed by atoms with Gasteiger partial charge in [0.1, 0.15) is 12.3 Å². The van der Waals surface area contributed by atoms with Gasteiger partial charge in [-0.25, -0.2) is 9.50 Å². The smallest absolute Gasteiger partial charge is 0.249 e. The lowest BCUT2D eigenvalue weighted by Crippen LogP contribution is -2.18. The largest absolute Gasteiger partial charge is 0.494 e. The summed E-state index contributed by atoms with van der Waals surface area (Å²) in [4.78, 5) is 20.3. The number of nitrogens with zero attached hydrogens (tertiary/aromatic N) is 5. The summed E-state index contributed by atoms with van der Waals surface area (Å²) in [7, 11) is 0. The number of carbonyl (C=O) groups excluding carboxylic acids is 1. The molecule has 0 aliphatic rings. The highest BCUT2D eigenvalue weighted by Gasteiger charge is 2.09. The van der Waals surface area contributed by atoms with E-state index in [-0.39, 0.29) is 18.4 Å². The van der Waals surface area contributed by atoms with E-state index in [2.05, 4.69) is 20.4 Å². The molecule has 1 N–H and O–H groups in total. The summed E-state index contributed by atoms with van der Waals surface area (Å²) in [5.41, 5.74) is 2.65. The van der Waals surface area contributed by atoms with Gasteiger partial charge in [0.05, 0.1) is 12.9 Å². The van der Waals surface area contributed by atoms with Crippen molar-refractivity contribution in [3.8, 4) is 16.9 Å². The van der Waals surface area contributed by atoms with Gasteiger partial charge in [0.15, 0.2) is 5.65 Å². The number of fused-ring (bicyclic) bond motifs is 1. The third-order valence-corrected chi connectivity index (χ3v) is 3.95. The Hall–Kier alpha value is -3.68. The first kappa shape index (κ1) is 16.8. The Kier molecular flexibility index (Phi) is 4.52. The molecule has 0 saturated heterocycles. The molecule has 0 spiro atoms. The molecule has 1 amide bonds. The number of carbonyl (C=O) groups is 1. The highest BCUT2D eigenvalue weighted by Crippen LogP contribution is 2.24. The van der Waals surface area contributed by atoms with Gasteiger partial charge in [-0.05, 0) is 36.8 Å². The average molecular weight is 362 g/mol. The van der Waals surface area contributed by atoms with Gasteiger partial charge in [0.25, 0.3) is 0 Å². The van der Waals surface area contributed by atoms with Crippen LogP contribution >= 0.6 is 0 Å². The lowest BCUT2D eigenvalue weighted by atomic mass is 10.1. The number of hydrogen-bond acceptors (Lipinski definition) is 5. The number of ether oxygens (including phenoxy) is 1. The summed E-state index contributed by atoms with van der Waals surface area (Å²) in [5.74, 6) is 0.870. The van der Waals surface area contributed by atoms with Crippen molar-refractivity contribution in [2.24, 2.45) is 0 Å². The van der Waals surface area contributed by atoms with Gasteiger partial charge < -0.3 is 9.30 Å². The number of amides is 1. The highest BCUT2D eigenvalue weighted by atomic mass is 16.5. The third kappa shape index (κ3) is 3.79. The Balaban J connectivity index is 1.55. The molecule has 0 fully saturated rings. The Morgan fingerprint density at radius 2 is 2.15 bits per heavy atom. The molecular formula is C19H18N6O2. The molecule has 3 aromatic heterocycles. The SMILES string of the molecule is CCOc1cccc(-c2ccc3nc(NC(=O)Cn4ccnc4)nn3c2)c1. The Morgan fingerprint density at radius 1 is 1.22 bits per heavy atom. The van der Waals surface area contributed by atoms with Crippen LogP contribution in [0.1, 0.15) is 6.92 Å². The lowest BCUT2D eigenvalue weighted by Gasteiger charge is -2.06. The molecule has 0 aliphatic heterocycles. The van der Waals surface area contributed by atoms with Crippen molar-refractivity contribution < 1.29 is 9.53 Å². The van der Waals surface area contributed by atoms with Crippen LogP contribution in [-0.2, 0) is 11.3 Å². The van der Waals surface area contributed by atoms with Crippen LogP contribution in [0.5, 0.6) is 5.75 Å². The van der Waals surface area contributed by atoms with E-state index in [1.165, 1.54) is 0 Å². The summed E-state index contributed by atoms with van der Waals surface area (Å²) < 4.78 is 8.88. The average Bonchev–Trinajstić information content (AvgIpc) is 3.30. The third-order valence-electron chi connectivity index (χ3n) is 3.95. The summed E-state index contributed by atoms with van der Waals surface area (Å²) in [6.45, 7) is 2.73. The van der Waals surface area contributed by atoms with Crippen molar-refractivity contribution >= 4 is 17.5 Å². The second-order valence-electron chi connectivity index (χ2n) is 5.90. The molecule has 136 valence electrons. The van der Waals surface area contributed by atoms with Gasteiger partial charge in [-0.3, -0.25) is 10.1 Å². The van der Waals surface area contributed by atoms with E-state index >= 15 is 0 Å². The molecule has 0 aliphatic carbocycles. The van der Waals surface area contributed by atoms with E-state index < -0.39 is 0 Å². The minimum Gasteiger partial charge on any atom is -0.494 e. The highest BCUT2D eigenvalue weighted by molar-refractivity contribution is 5.89. The molecule has 0 unspecified atom stereocenters. The number of hydrogen-bond donors (Lipinski definition) is 1. The van der Waals surface area contributed by atoms with Crippen LogP contribution in [0, 0.1) is 0 Å². The molecule has 4 aromatic rings. The number of benzene rings is 1. The van der Waals surface area contributed by atoms with Gasteiger partial charge in [-0.1, -0.05) is 12.1 Å². The first-order valence-corrected chi connectivity index (χ1v) is 8.56. The van der Waals surface area contributed by atoms with Gasteiger partial charge in [-0.15, -0.1) is 5.10 Å². The molecule has 0 radical (unpaired) electrons. The molecule has 4 rings (SSSR count). The number of nitrogens with one attached hydrogen (secondary N) is 1. The summed E-state index contributed by atoms with van der Waals surface area (Å²) >= 11 is 0. The Bertz CT molecular complexity index is 1070. The Morgan fingerprint density at radius 3 is 2.96 bits per heavy atom. The lowest BCUT2D eigenvalue weighted by molar-refractivity contribution is -0.116. The summed E-state index contributed by atoms with van der Waals surface area (Å²) in [6.07, 6.45) is 6.80. The van der Waals surface area contributed by atoms with E-state index in [0.29, 0.717) is 12.3 Å². The van der Waals surface area contributed by atoms with Crippen LogP contribution in [0.3, 0.4) is 0 Å². The topological polar surface area (TPSA) is 86.3 Å². The minimum absolute atomic E-state index is 0.158. The fourth-order valence-corrected chi connectivity index (χ4v) is 2.75. The quantitative estimate of drug-likeness (QED) is 0.570. The van der Waals surface area contributed by atoms with Crippen molar-refractivity contribution in [3.05, 3.63) is 61.3 Å². The maximum Gasteiger partial charge on any atom is 0.249 e. The number of pyridine rings is 1. The van der Waals surface area contributed by atoms with Crippen LogP contribution in [-0.4, -0.2) is 36.7 Å². The normalized spacial score (nSPS) is 10.9. The predicted molar refractivity (Wildman–Crippen MR) is 100 cm³/mol. The van der Waals surface area contributed by atoms with E-state index in [1.54, 1.807) is 27.8 Å². The van der Waals surface area contributed by atoms with Gasteiger partial charge >= 0.3 is 0 Å². The zero-order chi connectivity index (χ0) is 18.6. The molecule has 8 heteroatoms. The van der Waals surface area contributed by atoms with Crippen LogP contribution in [0.15, 0.2) is 61.3 Å². The van der Waals surface area contributed by atoms with Crippen molar-refractivity contribution in [1.82, 2.24) is 24.1 Å². The molecule has 0 atom stereocenters. The van der Waals surface area contributed by atoms with Crippen LogP contribution in [0.4, 0.5) is 5.95 Å². The van der Waals surface area contributed by atoms with E-state index in [9.17, 15) is 4.79 Å². The minimum atomic E-state index is -0.214. The fraction of sp³-hybridized carbons (Fsp3) is 0.158. The summed E-state index contributed by atoms with van der Waals surface area (Å²) in [5, 5.41) is 7.05. The van der Waals surface area contributed by atoms with E-state index in [1.807, 2.05) is 49.5 Å². The second kappa shape index (κ2) is 7.28. The Labute approximate surface area is 155 Å². The maximum atomic E-state index is 12.1. The number of anilines is 1. The maximum absolute atomic E-state index is 12.1. The van der Waals surface area contributed by atoms with Crippen LogP contribution < -0.4 is 10.1 Å². The number of aromatic nitrogens is 5. The fourth-order valence-electron chi connectivity index (χ4n) is 2.75. The van der Waals surface area contributed by atoms with Crippen molar-refractivity contribution in [3.63, 3.8) is 0 Å². The summed E-state index contributed by atoms with van der Waals surface area (Å²) in [6, 6.07) is 11.7. The first-order chi connectivity index (χ1) is 13.2. The molecule has 0 bridgehead atoms.